The Balaban J connectivity index is 2.28. The largest absolute Gasteiger partial charge is 0.377 e. The van der Waals surface area contributed by atoms with Gasteiger partial charge in [-0.05, 0) is 25.0 Å². The van der Waals surface area contributed by atoms with E-state index in [1.165, 1.54) is 0 Å². The summed E-state index contributed by atoms with van der Waals surface area (Å²) in [6, 6.07) is 0. The Hall–Kier alpha value is -0.630. The van der Waals surface area contributed by atoms with E-state index in [2.05, 4.69) is 0 Å². The van der Waals surface area contributed by atoms with Crippen molar-refractivity contribution in [1.29, 1.82) is 0 Å². The third kappa shape index (κ3) is 1.95. The van der Waals surface area contributed by atoms with Gasteiger partial charge in [0.05, 0.1) is 6.61 Å². The average Bonchev–Trinajstić information content (AvgIpc) is 2.31. The van der Waals surface area contributed by atoms with Crippen LogP contribution in [0.25, 0.3) is 0 Å². The van der Waals surface area contributed by atoms with Crippen molar-refractivity contribution < 1.29 is 9.53 Å². The maximum absolute atomic E-state index is 10.7. The van der Waals surface area contributed by atoms with Crippen LogP contribution in [0.3, 0.4) is 0 Å². The van der Waals surface area contributed by atoms with Crippen LogP contribution in [0.5, 0.6) is 0 Å². The van der Waals surface area contributed by atoms with Gasteiger partial charge >= 0.3 is 0 Å². The van der Waals surface area contributed by atoms with Crippen molar-refractivity contribution in [3.63, 3.8) is 0 Å². The van der Waals surface area contributed by atoms with Crippen LogP contribution in [0.2, 0.25) is 0 Å². The molecule has 0 aromatic rings. The van der Waals surface area contributed by atoms with E-state index in [0.717, 1.165) is 18.6 Å². The molecule has 1 rings (SSSR count). The van der Waals surface area contributed by atoms with Crippen molar-refractivity contribution in [1.82, 2.24) is 0 Å². The van der Waals surface area contributed by atoms with Gasteiger partial charge in [-0.15, -0.1) is 0 Å². The smallest absolute Gasteiger partial charge is 0.156 e. The number of hydrogen-bond donors (Lipinski definition) is 0. The fourth-order valence-corrected chi connectivity index (χ4v) is 1.00. The van der Waals surface area contributed by atoms with Gasteiger partial charge in [-0.25, -0.2) is 0 Å². The Morgan fingerprint density at radius 1 is 1.60 bits per heavy atom. The standard InChI is InChI=1S/C8H12O2/c1-2-10-6-7-3-4-8(9)5-7/h5H,2-4,6H2,1H3. The molecule has 0 atom stereocenters. The molecule has 0 saturated carbocycles. The lowest BCUT2D eigenvalue weighted by molar-refractivity contribution is -0.114. The maximum Gasteiger partial charge on any atom is 0.156 e. The molecule has 0 N–H and O–H groups in total. The van der Waals surface area contributed by atoms with Crippen LogP contribution in [0, 0.1) is 0 Å². The minimum atomic E-state index is 0.245. The van der Waals surface area contributed by atoms with Gasteiger partial charge < -0.3 is 4.74 Å². The first-order valence-electron chi connectivity index (χ1n) is 3.63. The molecule has 0 aromatic carbocycles. The van der Waals surface area contributed by atoms with Crippen LogP contribution < -0.4 is 0 Å². The van der Waals surface area contributed by atoms with Gasteiger partial charge in [0.2, 0.25) is 0 Å². The van der Waals surface area contributed by atoms with E-state index in [9.17, 15) is 4.79 Å². The Bertz CT molecular complexity index is 159. The summed E-state index contributed by atoms with van der Waals surface area (Å²) in [4.78, 5) is 10.7. The highest BCUT2D eigenvalue weighted by molar-refractivity contribution is 5.92. The lowest BCUT2D eigenvalue weighted by Gasteiger charge is -1.98. The van der Waals surface area contributed by atoms with Crippen molar-refractivity contribution in [2.75, 3.05) is 13.2 Å². The Morgan fingerprint density at radius 2 is 2.40 bits per heavy atom. The van der Waals surface area contributed by atoms with Crippen LogP contribution in [0.15, 0.2) is 11.6 Å². The maximum atomic E-state index is 10.7. The molecule has 0 radical (unpaired) electrons. The Labute approximate surface area is 60.9 Å². The van der Waals surface area contributed by atoms with E-state index in [4.69, 9.17) is 4.74 Å². The predicted octanol–water partition coefficient (Wildman–Crippen LogP) is 1.31. The SMILES string of the molecule is CCOCC1=CC(=O)CC1. The highest BCUT2D eigenvalue weighted by atomic mass is 16.5. The van der Waals surface area contributed by atoms with Crippen molar-refractivity contribution >= 4 is 5.78 Å². The third-order valence-corrected chi connectivity index (χ3v) is 1.55. The molecule has 2 heteroatoms. The fourth-order valence-electron chi connectivity index (χ4n) is 1.00. The van der Waals surface area contributed by atoms with E-state index >= 15 is 0 Å². The number of rotatable bonds is 3. The zero-order valence-electron chi connectivity index (χ0n) is 6.22. The summed E-state index contributed by atoms with van der Waals surface area (Å²) in [6.45, 7) is 3.32. The zero-order chi connectivity index (χ0) is 7.40. The number of carbonyl (C=O) groups excluding carboxylic acids is 1. The van der Waals surface area contributed by atoms with Crippen LogP contribution in [-0.2, 0) is 9.53 Å². The summed E-state index contributed by atoms with van der Waals surface area (Å²) < 4.78 is 5.15. The van der Waals surface area contributed by atoms with E-state index in [0.29, 0.717) is 13.0 Å². The lowest BCUT2D eigenvalue weighted by Crippen LogP contribution is -1.94. The van der Waals surface area contributed by atoms with Gasteiger partial charge in [-0.3, -0.25) is 4.79 Å². The highest BCUT2D eigenvalue weighted by Gasteiger charge is 2.10. The Morgan fingerprint density at radius 3 is 2.90 bits per heavy atom. The Kier molecular flexibility index (Phi) is 2.63. The van der Waals surface area contributed by atoms with Crippen molar-refractivity contribution in [2.24, 2.45) is 0 Å². The first-order chi connectivity index (χ1) is 4.83. The highest BCUT2D eigenvalue weighted by Crippen LogP contribution is 2.14. The second-order valence-electron chi connectivity index (χ2n) is 2.41. The van der Waals surface area contributed by atoms with Crippen LogP contribution >= 0.6 is 0 Å². The molecule has 0 aliphatic heterocycles. The van der Waals surface area contributed by atoms with Gasteiger partial charge in [0.25, 0.3) is 0 Å². The number of allylic oxidation sites excluding steroid dienone is 1. The third-order valence-electron chi connectivity index (χ3n) is 1.55. The zero-order valence-corrected chi connectivity index (χ0v) is 6.22. The second-order valence-corrected chi connectivity index (χ2v) is 2.41. The van der Waals surface area contributed by atoms with Gasteiger partial charge in [0.15, 0.2) is 5.78 Å². The molecule has 0 aromatic heterocycles. The molecule has 0 saturated heterocycles. The quantitative estimate of drug-likeness (QED) is 0.590. The van der Waals surface area contributed by atoms with E-state index in [1.807, 2.05) is 6.92 Å². The number of hydrogen-bond acceptors (Lipinski definition) is 2. The van der Waals surface area contributed by atoms with Gasteiger partial charge in [0.1, 0.15) is 0 Å². The molecule has 2 nitrogen and oxygen atoms in total. The molecule has 10 heavy (non-hydrogen) atoms. The molecular formula is C8H12O2. The molecule has 0 heterocycles. The topological polar surface area (TPSA) is 26.3 Å². The van der Waals surface area contributed by atoms with Crippen molar-refractivity contribution in [3.8, 4) is 0 Å². The van der Waals surface area contributed by atoms with Gasteiger partial charge in [0, 0.05) is 13.0 Å². The minimum Gasteiger partial charge on any atom is -0.377 e. The molecular weight excluding hydrogens is 128 g/mol. The van der Waals surface area contributed by atoms with E-state index in [-0.39, 0.29) is 5.78 Å². The lowest BCUT2D eigenvalue weighted by atomic mass is 10.2. The van der Waals surface area contributed by atoms with Crippen LogP contribution in [-0.4, -0.2) is 19.0 Å². The monoisotopic (exact) mass is 140 g/mol. The molecule has 0 bridgehead atoms. The van der Waals surface area contributed by atoms with Crippen molar-refractivity contribution in [3.05, 3.63) is 11.6 Å². The first kappa shape index (κ1) is 7.48. The fraction of sp³-hybridized carbons (Fsp3) is 0.625. The molecule has 1 aliphatic carbocycles. The van der Waals surface area contributed by atoms with Gasteiger partial charge in [-0.1, -0.05) is 0 Å². The van der Waals surface area contributed by atoms with E-state index in [1.54, 1.807) is 6.08 Å². The average molecular weight is 140 g/mol. The number of ether oxygens (including phenoxy) is 1. The normalized spacial score (nSPS) is 17.7. The van der Waals surface area contributed by atoms with Crippen LogP contribution in [0.1, 0.15) is 19.8 Å². The summed E-state index contributed by atoms with van der Waals surface area (Å²) in [5, 5.41) is 0. The number of ketones is 1. The molecule has 0 fully saturated rings. The summed E-state index contributed by atoms with van der Waals surface area (Å²) in [6.07, 6.45) is 3.29. The summed E-state index contributed by atoms with van der Waals surface area (Å²) in [5.41, 5.74) is 1.15. The molecule has 0 spiro atoms. The minimum absolute atomic E-state index is 0.245. The second kappa shape index (κ2) is 3.52. The van der Waals surface area contributed by atoms with Crippen molar-refractivity contribution in [2.45, 2.75) is 19.8 Å². The predicted molar refractivity (Wildman–Crippen MR) is 38.8 cm³/mol. The van der Waals surface area contributed by atoms with Gasteiger partial charge in [-0.2, -0.15) is 0 Å². The summed E-state index contributed by atoms with van der Waals surface area (Å²) in [7, 11) is 0. The first-order valence-corrected chi connectivity index (χ1v) is 3.63. The summed E-state index contributed by atoms with van der Waals surface area (Å²) in [5.74, 6) is 0.245. The number of carbonyl (C=O) groups is 1. The van der Waals surface area contributed by atoms with Crippen LogP contribution in [0.4, 0.5) is 0 Å². The molecule has 1 aliphatic rings. The molecule has 0 unspecified atom stereocenters. The van der Waals surface area contributed by atoms with E-state index < -0.39 is 0 Å². The molecule has 0 amide bonds. The molecule has 56 valence electrons. The summed E-state index contributed by atoms with van der Waals surface area (Å²) >= 11 is 0.